The van der Waals surface area contributed by atoms with Crippen LogP contribution in [0.5, 0.6) is 0 Å². The molecule has 1 amide bonds. The number of carbonyl (C=O) groups excluding carboxylic acids is 1. The number of carbonyl (C=O) groups is 1. The second kappa shape index (κ2) is 13.7. The molecule has 0 unspecified atom stereocenters. The number of halogens is 2. The SMILES string of the molecule is C=CCc1cccc(F)c1-c1nc2c(cc1F)c(N1CCN(C(=O)OC(C)(C)C)C[C@@H]1C)nc(=O)n2-c1c(CC=C)ccnc1C(C)C. The molecule has 0 aliphatic carbocycles. The van der Waals surface area contributed by atoms with Crippen LogP contribution in [0.3, 0.4) is 0 Å². The first-order chi connectivity index (χ1) is 22.7. The van der Waals surface area contributed by atoms with Crippen LogP contribution in [0.2, 0.25) is 0 Å². The van der Waals surface area contributed by atoms with Crippen LogP contribution in [-0.4, -0.2) is 61.8 Å². The van der Waals surface area contributed by atoms with Crippen molar-refractivity contribution in [2.24, 2.45) is 0 Å². The molecule has 1 aliphatic rings. The van der Waals surface area contributed by atoms with Crippen LogP contribution in [-0.2, 0) is 17.6 Å². The van der Waals surface area contributed by atoms with Gasteiger partial charge in [0.2, 0.25) is 0 Å². The molecular weight excluding hydrogens is 614 g/mol. The molecule has 1 saturated heterocycles. The molecule has 4 heterocycles. The molecule has 252 valence electrons. The largest absolute Gasteiger partial charge is 0.444 e. The summed E-state index contributed by atoms with van der Waals surface area (Å²) in [4.78, 5) is 44.6. The molecule has 1 aromatic carbocycles. The number of anilines is 1. The topological polar surface area (TPSA) is 93.5 Å². The van der Waals surface area contributed by atoms with Gasteiger partial charge in [0.25, 0.3) is 0 Å². The Morgan fingerprint density at radius 2 is 1.77 bits per heavy atom. The van der Waals surface area contributed by atoms with Gasteiger partial charge in [-0.3, -0.25) is 4.98 Å². The Morgan fingerprint density at radius 3 is 2.42 bits per heavy atom. The van der Waals surface area contributed by atoms with Crippen LogP contribution in [0.15, 0.2) is 66.6 Å². The van der Waals surface area contributed by atoms with Crippen molar-refractivity contribution in [1.82, 2.24) is 24.4 Å². The van der Waals surface area contributed by atoms with E-state index in [4.69, 9.17) is 9.72 Å². The quantitative estimate of drug-likeness (QED) is 0.186. The molecule has 48 heavy (non-hydrogen) atoms. The van der Waals surface area contributed by atoms with Gasteiger partial charge in [-0.1, -0.05) is 38.1 Å². The molecule has 5 rings (SSSR count). The highest BCUT2D eigenvalue weighted by Crippen LogP contribution is 2.35. The molecule has 1 fully saturated rings. The Bertz CT molecular complexity index is 1950. The number of benzene rings is 1. The smallest absolute Gasteiger partial charge is 0.410 e. The number of piperazine rings is 1. The van der Waals surface area contributed by atoms with Crippen molar-refractivity contribution < 1.29 is 18.3 Å². The van der Waals surface area contributed by atoms with Crippen LogP contribution in [0.4, 0.5) is 19.4 Å². The molecule has 0 N–H and O–H groups in total. The number of ether oxygens (including phenoxy) is 1. The summed E-state index contributed by atoms with van der Waals surface area (Å²) in [6.07, 6.45) is 5.28. The minimum absolute atomic E-state index is 0.00455. The molecule has 4 aromatic rings. The highest BCUT2D eigenvalue weighted by Gasteiger charge is 2.33. The van der Waals surface area contributed by atoms with E-state index >= 15 is 8.78 Å². The molecule has 1 aliphatic heterocycles. The summed E-state index contributed by atoms with van der Waals surface area (Å²) in [5.74, 6) is -1.29. The molecule has 0 spiro atoms. The van der Waals surface area contributed by atoms with Crippen molar-refractivity contribution in [2.45, 2.75) is 71.9 Å². The van der Waals surface area contributed by atoms with E-state index in [1.165, 1.54) is 16.7 Å². The van der Waals surface area contributed by atoms with E-state index in [0.717, 1.165) is 5.56 Å². The summed E-state index contributed by atoms with van der Waals surface area (Å²) in [6.45, 7) is 19.8. The molecule has 0 bridgehead atoms. The first-order valence-corrected chi connectivity index (χ1v) is 16.1. The molecule has 0 radical (unpaired) electrons. The molecule has 1 atom stereocenters. The fraction of sp³-hybridized carbons (Fsp3) is 0.378. The van der Waals surface area contributed by atoms with Gasteiger partial charge in [-0.2, -0.15) is 4.98 Å². The number of pyridine rings is 2. The Labute approximate surface area is 279 Å². The maximum atomic E-state index is 16.3. The fourth-order valence-corrected chi connectivity index (χ4v) is 6.14. The number of hydrogen-bond acceptors (Lipinski definition) is 7. The Kier molecular flexibility index (Phi) is 9.79. The van der Waals surface area contributed by atoms with Gasteiger partial charge in [0.1, 0.15) is 28.7 Å². The highest BCUT2D eigenvalue weighted by atomic mass is 19.1. The predicted octanol–water partition coefficient (Wildman–Crippen LogP) is 7.15. The average molecular weight is 657 g/mol. The second-order valence-electron chi connectivity index (χ2n) is 13.3. The van der Waals surface area contributed by atoms with Gasteiger partial charge in [0, 0.05) is 37.4 Å². The van der Waals surface area contributed by atoms with Crippen molar-refractivity contribution in [3.63, 3.8) is 0 Å². The standard InChI is InChI=1S/C37H42F2N6O3/c1-9-12-24-14-11-15-27(38)29(24)31-28(39)20-26-33(44-19-18-43(21-23(44)5)36(47)48-37(6,7)8)42-35(46)45(34(26)41-31)32-25(13-10-2)16-17-40-30(32)22(3)4/h9-11,14-17,20,22-23H,1-2,12-13,18-19,21H2,3-8H3/t23-/m0/s1. The Hall–Kier alpha value is -4.93. The first-order valence-electron chi connectivity index (χ1n) is 16.1. The van der Waals surface area contributed by atoms with Crippen molar-refractivity contribution in [1.29, 1.82) is 0 Å². The predicted molar refractivity (Wildman–Crippen MR) is 185 cm³/mol. The van der Waals surface area contributed by atoms with Crippen molar-refractivity contribution in [2.75, 3.05) is 24.5 Å². The van der Waals surface area contributed by atoms with Crippen LogP contribution < -0.4 is 10.6 Å². The van der Waals surface area contributed by atoms with E-state index < -0.39 is 29.0 Å². The summed E-state index contributed by atoms with van der Waals surface area (Å²) in [5.41, 5.74) is 0.929. The lowest BCUT2D eigenvalue weighted by Gasteiger charge is -2.41. The monoisotopic (exact) mass is 656 g/mol. The van der Waals surface area contributed by atoms with Crippen molar-refractivity contribution in [3.8, 4) is 16.9 Å². The summed E-state index contributed by atoms with van der Waals surface area (Å²) in [5, 5.41) is 0.262. The van der Waals surface area contributed by atoms with Gasteiger partial charge >= 0.3 is 11.8 Å². The number of aromatic nitrogens is 4. The summed E-state index contributed by atoms with van der Waals surface area (Å²) >= 11 is 0. The van der Waals surface area contributed by atoms with E-state index in [-0.39, 0.29) is 46.5 Å². The third-order valence-electron chi connectivity index (χ3n) is 8.22. The summed E-state index contributed by atoms with van der Waals surface area (Å²) in [7, 11) is 0. The highest BCUT2D eigenvalue weighted by molar-refractivity contribution is 5.91. The second-order valence-corrected chi connectivity index (χ2v) is 13.3. The zero-order valence-electron chi connectivity index (χ0n) is 28.4. The first kappa shape index (κ1) is 34.4. The number of fused-ring (bicyclic) bond motifs is 1. The van der Waals surface area contributed by atoms with Crippen LogP contribution >= 0.6 is 0 Å². The molecule has 11 heteroatoms. The van der Waals surface area contributed by atoms with Gasteiger partial charge in [-0.15, -0.1) is 13.2 Å². The van der Waals surface area contributed by atoms with Crippen LogP contribution in [0.1, 0.15) is 64.3 Å². The maximum Gasteiger partial charge on any atom is 0.410 e. The zero-order chi connectivity index (χ0) is 34.9. The van der Waals surface area contributed by atoms with Gasteiger partial charge < -0.3 is 14.5 Å². The van der Waals surface area contributed by atoms with Crippen molar-refractivity contribution >= 4 is 22.9 Å². The van der Waals surface area contributed by atoms with Crippen LogP contribution in [0.25, 0.3) is 28.0 Å². The average Bonchev–Trinajstić information content (AvgIpc) is 3.01. The van der Waals surface area contributed by atoms with Gasteiger partial charge in [0.15, 0.2) is 5.65 Å². The number of hydrogen-bond donors (Lipinski definition) is 0. The number of amides is 1. The Balaban J connectivity index is 1.79. The van der Waals surface area contributed by atoms with E-state index in [1.54, 1.807) is 62.2 Å². The van der Waals surface area contributed by atoms with E-state index in [0.29, 0.717) is 43.0 Å². The molecule has 0 saturated carbocycles. The van der Waals surface area contributed by atoms with E-state index in [9.17, 15) is 9.59 Å². The zero-order valence-corrected chi connectivity index (χ0v) is 28.4. The number of nitrogens with zero attached hydrogens (tertiary/aromatic N) is 6. The molecular formula is C37H42F2N6O3. The summed E-state index contributed by atoms with van der Waals surface area (Å²) < 4.78 is 38.8. The molecule has 9 nitrogen and oxygen atoms in total. The van der Waals surface area contributed by atoms with E-state index in [1.807, 2.05) is 25.7 Å². The summed E-state index contributed by atoms with van der Waals surface area (Å²) in [6, 6.07) is 7.26. The van der Waals surface area contributed by atoms with E-state index in [2.05, 4.69) is 23.1 Å². The third-order valence-corrected chi connectivity index (χ3v) is 8.22. The Morgan fingerprint density at radius 1 is 1.06 bits per heavy atom. The van der Waals surface area contributed by atoms with Gasteiger partial charge in [-0.25, -0.2) is 27.9 Å². The minimum Gasteiger partial charge on any atom is -0.444 e. The lowest BCUT2D eigenvalue weighted by Crippen LogP contribution is -2.55. The minimum atomic E-state index is -0.771. The lowest BCUT2D eigenvalue weighted by atomic mass is 9.99. The third kappa shape index (κ3) is 6.72. The number of rotatable bonds is 8. The maximum absolute atomic E-state index is 16.3. The fourth-order valence-electron chi connectivity index (χ4n) is 6.14. The normalized spacial score (nSPS) is 15.2. The van der Waals surface area contributed by atoms with Crippen molar-refractivity contribution in [3.05, 3.63) is 101 Å². The molecule has 3 aromatic heterocycles. The van der Waals surface area contributed by atoms with Gasteiger partial charge in [-0.05, 0) is 75.8 Å². The van der Waals surface area contributed by atoms with Gasteiger partial charge in [0.05, 0.1) is 16.8 Å². The number of allylic oxidation sites excluding steroid dienone is 2. The lowest BCUT2D eigenvalue weighted by molar-refractivity contribution is 0.0218. The van der Waals surface area contributed by atoms with Crippen LogP contribution in [0, 0.1) is 11.6 Å².